The van der Waals surface area contributed by atoms with Gasteiger partial charge in [0.1, 0.15) is 0 Å². The number of aryl methyl sites for hydroxylation is 1. The topological polar surface area (TPSA) is 15.3 Å². The minimum Gasteiger partial charge on any atom is -0.311 e. The first kappa shape index (κ1) is 15.5. The molecule has 1 fully saturated rings. The van der Waals surface area contributed by atoms with E-state index in [1.807, 2.05) is 0 Å². The smallest absolute Gasteiger partial charge is 0.0223 e. The van der Waals surface area contributed by atoms with Crippen LogP contribution in [0, 0.1) is 5.92 Å². The monoisotopic (exact) mass is 274 g/mol. The third-order valence-corrected chi connectivity index (χ3v) is 4.22. The van der Waals surface area contributed by atoms with Crippen molar-refractivity contribution in [2.75, 3.05) is 19.6 Å². The van der Waals surface area contributed by atoms with Gasteiger partial charge in [0.25, 0.3) is 0 Å². The lowest BCUT2D eigenvalue weighted by atomic mass is 9.98. The number of nitrogens with one attached hydrogen (secondary N) is 1. The molecule has 0 amide bonds. The van der Waals surface area contributed by atoms with Crippen molar-refractivity contribution in [2.45, 2.75) is 52.1 Å². The highest BCUT2D eigenvalue weighted by atomic mass is 15.2. The number of rotatable bonds is 6. The van der Waals surface area contributed by atoms with Gasteiger partial charge in [0.05, 0.1) is 0 Å². The summed E-state index contributed by atoms with van der Waals surface area (Å²) in [4.78, 5) is 2.71. The van der Waals surface area contributed by atoms with Crippen LogP contribution in [0.2, 0.25) is 0 Å². The summed E-state index contributed by atoms with van der Waals surface area (Å²) in [5, 5.41) is 3.63. The number of piperazine rings is 1. The molecule has 2 atom stereocenters. The van der Waals surface area contributed by atoms with Crippen molar-refractivity contribution in [2.24, 2.45) is 5.92 Å². The Labute approximate surface area is 124 Å². The second-order valence-electron chi connectivity index (χ2n) is 6.68. The maximum atomic E-state index is 3.63. The molecule has 0 spiro atoms. The van der Waals surface area contributed by atoms with Gasteiger partial charge in [0.2, 0.25) is 0 Å². The highest BCUT2D eigenvalue weighted by molar-refractivity contribution is 5.14. The molecule has 2 nitrogen and oxygen atoms in total. The molecule has 2 heteroatoms. The first-order chi connectivity index (χ1) is 9.65. The lowest BCUT2D eigenvalue weighted by Crippen LogP contribution is -2.55. The van der Waals surface area contributed by atoms with E-state index in [0.29, 0.717) is 6.04 Å². The van der Waals surface area contributed by atoms with Crippen molar-refractivity contribution in [1.82, 2.24) is 10.2 Å². The van der Waals surface area contributed by atoms with Crippen LogP contribution in [-0.2, 0) is 6.42 Å². The maximum Gasteiger partial charge on any atom is 0.0223 e. The molecule has 0 bridgehead atoms. The van der Waals surface area contributed by atoms with E-state index < -0.39 is 0 Å². The van der Waals surface area contributed by atoms with E-state index in [1.165, 1.54) is 37.9 Å². The molecule has 0 saturated carbocycles. The van der Waals surface area contributed by atoms with Crippen molar-refractivity contribution in [1.29, 1.82) is 0 Å². The summed E-state index contributed by atoms with van der Waals surface area (Å²) in [6, 6.07) is 12.2. The lowest BCUT2D eigenvalue weighted by molar-refractivity contribution is 0.117. The summed E-state index contributed by atoms with van der Waals surface area (Å²) in [6.07, 6.45) is 3.78. The van der Waals surface area contributed by atoms with Crippen molar-refractivity contribution < 1.29 is 0 Å². The average molecular weight is 274 g/mol. The highest BCUT2D eigenvalue weighted by Crippen LogP contribution is 2.16. The number of hydrogen-bond acceptors (Lipinski definition) is 2. The molecule has 1 heterocycles. The normalized spacial score (nSPS) is 24.2. The van der Waals surface area contributed by atoms with Gasteiger partial charge in [-0.1, -0.05) is 44.2 Å². The zero-order valence-corrected chi connectivity index (χ0v) is 13.3. The Kier molecular flexibility index (Phi) is 6.06. The van der Waals surface area contributed by atoms with Crippen LogP contribution in [-0.4, -0.2) is 36.6 Å². The van der Waals surface area contributed by atoms with Gasteiger partial charge in [-0.3, -0.25) is 4.90 Å². The zero-order valence-electron chi connectivity index (χ0n) is 13.3. The Morgan fingerprint density at radius 2 is 2.00 bits per heavy atom. The minimum absolute atomic E-state index is 0.634. The van der Waals surface area contributed by atoms with Gasteiger partial charge in [-0.2, -0.15) is 0 Å². The fraction of sp³-hybridized carbons (Fsp3) is 0.667. The summed E-state index contributed by atoms with van der Waals surface area (Å²) < 4.78 is 0. The van der Waals surface area contributed by atoms with E-state index in [0.717, 1.165) is 18.5 Å². The molecule has 1 aliphatic rings. The fourth-order valence-electron chi connectivity index (χ4n) is 3.21. The van der Waals surface area contributed by atoms with E-state index in [4.69, 9.17) is 0 Å². The molecule has 1 aromatic rings. The Morgan fingerprint density at radius 3 is 2.70 bits per heavy atom. The van der Waals surface area contributed by atoms with Gasteiger partial charge >= 0.3 is 0 Å². The predicted molar refractivity (Wildman–Crippen MR) is 87.0 cm³/mol. The fourth-order valence-corrected chi connectivity index (χ4v) is 3.21. The molecule has 0 aliphatic carbocycles. The standard InChI is InChI=1S/C18H30N2/c1-15(2)12-18-13-19-16(3)14-20(18)11-7-10-17-8-5-4-6-9-17/h4-6,8-9,15-16,18-19H,7,10-14H2,1-3H3. The van der Waals surface area contributed by atoms with Gasteiger partial charge < -0.3 is 5.32 Å². The SMILES string of the molecule is CC(C)CC1CNC(C)CN1CCCc1ccccc1. The van der Waals surface area contributed by atoms with E-state index >= 15 is 0 Å². The highest BCUT2D eigenvalue weighted by Gasteiger charge is 2.25. The van der Waals surface area contributed by atoms with Gasteiger partial charge in [0, 0.05) is 25.2 Å². The number of benzene rings is 1. The summed E-state index contributed by atoms with van der Waals surface area (Å²) >= 11 is 0. The minimum atomic E-state index is 0.634. The first-order valence-corrected chi connectivity index (χ1v) is 8.16. The van der Waals surface area contributed by atoms with E-state index in [-0.39, 0.29) is 0 Å². The molecule has 2 unspecified atom stereocenters. The Bertz CT molecular complexity index is 374. The molecular weight excluding hydrogens is 244 g/mol. The molecule has 0 aromatic heterocycles. The van der Waals surface area contributed by atoms with Crippen LogP contribution in [0.5, 0.6) is 0 Å². The average Bonchev–Trinajstić information content (AvgIpc) is 2.42. The summed E-state index contributed by atoms with van der Waals surface area (Å²) in [6.45, 7) is 10.6. The van der Waals surface area contributed by atoms with Crippen molar-refractivity contribution in [3.05, 3.63) is 35.9 Å². The van der Waals surface area contributed by atoms with E-state index in [9.17, 15) is 0 Å². The third-order valence-electron chi connectivity index (χ3n) is 4.22. The quantitative estimate of drug-likeness (QED) is 0.856. The molecule has 1 saturated heterocycles. The molecule has 1 aromatic carbocycles. The van der Waals surface area contributed by atoms with Gasteiger partial charge in [-0.25, -0.2) is 0 Å². The van der Waals surface area contributed by atoms with Crippen LogP contribution in [0.4, 0.5) is 0 Å². The van der Waals surface area contributed by atoms with E-state index in [2.05, 4.69) is 61.3 Å². The van der Waals surface area contributed by atoms with Gasteiger partial charge in [0.15, 0.2) is 0 Å². The van der Waals surface area contributed by atoms with E-state index in [1.54, 1.807) is 0 Å². The van der Waals surface area contributed by atoms with Crippen LogP contribution in [0.1, 0.15) is 39.2 Å². The van der Waals surface area contributed by atoms with Crippen LogP contribution in [0.3, 0.4) is 0 Å². The molecule has 1 aliphatic heterocycles. The maximum absolute atomic E-state index is 3.63. The molecule has 2 rings (SSSR count). The zero-order chi connectivity index (χ0) is 14.4. The second-order valence-corrected chi connectivity index (χ2v) is 6.68. The Morgan fingerprint density at radius 1 is 1.25 bits per heavy atom. The third kappa shape index (κ3) is 4.92. The summed E-state index contributed by atoms with van der Waals surface area (Å²) in [5.41, 5.74) is 1.47. The van der Waals surface area contributed by atoms with Gasteiger partial charge in [-0.15, -0.1) is 0 Å². The van der Waals surface area contributed by atoms with Crippen molar-refractivity contribution in [3.63, 3.8) is 0 Å². The van der Waals surface area contributed by atoms with Crippen LogP contribution >= 0.6 is 0 Å². The predicted octanol–water partition coefficient (Wildman–Crippen LogP) is 3.33. The number of hydrogen-bond donors (Lipinski definition) is 1. The summed E-state index contributed by atoms with van der Waals surface area (Å²) in [5.74, 6) is 0.784. The van der Waals surface area contributed by atoms with Crippen LogP contribution in [0.25, 0.3) is 0 Å². The number of nitrogens with zero attached hydrogens (tertiary/aromatic N) is 1. The van der Waals surface area contributed by atoms with Crippen LogP contribution < -0.4 is 5.32 Å². The Balaban J connectivity index is 1.81. The molecule has 112 valence electrons. The Hall–Kier alpha value is -0.860. The molecule has 0 radical (unpaired) electrons. The van der Waals surface area contributed by atoms with Crippen molar-refractivity contribution >= 4 is 0 Å². The van der Waals surface area contributed by atoms with Gasteiger partial charge in [-0.05, 0) is 44.2 Å². The van der Waals surface area contributed by atoms with Crippen LogP contribution in [0.15, 0.2) is 30.3 Å². The molecule has 1 N–H and O–H groups in total. The lowest BCUT2D eigenvalue weighted by Gasteiger charge is -2.40. The molecule has 20 heavy (non-hydrogen) atoms. The van der Waals surface area contributed by atoms with Crippen molar-refractivity contribution in [3.8, 4) is 0 Å². The molecular formula is C18H30N2. The largest absolute Gasteiger partial charge is 0.311 e. The second kappa shape index (κ2) is 7.80. The first-order valence-electron chi connectivity index (χ1n) is 8.16. The summed E-state index contributed by atoms with van der Waals surface area (Å²) in [7, 11) is 0.